The molecule has 5 nitrogen and oxygen atoms in total. The van der Waals surface area contributed by atoms with E-state index in [-0.39, 0.29) is 11.7 Å². The van der Waals surface area contributed by atoms with Gasteiger partial charge in [-0.05, 0) is 49.6 Å². The average molecular weight is 318 g/mol. The van der Waals surface area contributed by atoms with Crippen LogP contribution in [0, 0.1) is 11.7 Å². The zero-order chi connectivity index (χ0) is 17.0. The maximum absolute atomic E-state index is 13.0. The normalized spacial score (nSPS) is 13.8. The number of amides is 1. The third-order valence-corrected chi connectivity index (χ3v) is 3.64. The van der Waals surface area contributed by atoms with E-state index >= 15 is 0 Å². The highest BCUT2D eigenvalue weighted by molar-refractivity contribution is 5.92. The molecule has 1 aromatic carbocycles. The maximum atomic E-state index is 13.0. The Labute approximate surface area is 135 Å². The number of rotatable bonds is 6. The molecule has 0 bridgehead atoms. The molecular formula is C17H23FN4O. The van der Waals surface area contributed by atoms with Crippen LogP contribution in [0.1, 0.15) is 37.7 Å². The van der Waals surface area contributed by atoms with E-state index in [1.54, 1.807) is 24.4 Å². The summed E-state index contributed by atoms with van der Waals surface area (Å²) in [5, 5.41) is 7.21. The number of halogens is 1. The van der Waals surface area contributed by atoms with Crippen molar-refractivity contribution in [1.82, 2.24) is 15.1 Å². The molecule has 3 N–H and O–H groups in total. The fourth-order valence-electron chi connectivity index (χ4n) is 2.61. The van der Waals surface area contributed by atoms with Gasteiger partial charge in [0.25, 0.3) is 5.91 Å². The van der Waals surface area contributed by atoms with Gasteiger partial charge in [0, 0.05) is 12.7 Å². The number of carbonyl (C=O) groups excluding carboxylic acids is 1. The molecule has 0 saturated heterocycles. The summed E-state index contributed by atoms with van der Waals surface area (Å²) in [5.41, 5.74) is 6.34. The van der Waals surface area contributed by atoms with Crippen LogP contribution in [0.25, 0.3) is 5.69 Å². The van der Waals surface area contributed by atoms with Crippen molar-refractivity contribution in [2.75, 3.05) is 6.54 Å². The lowest BCUT2D eigenvalue weighted by Gasteiger charge is -2.30. The molecule has 0 aliphatic heterocycles. The molecule has 0 saturated carbocycles. The van der Waals surface area contributed by atoms with Crippen LogP contribution in [-0.2, 0) is 0 Å². The summed E-state index contributed by atoms with van der Waals surface area (Å²) in [6.07, 6.45) is 2.46. The predicted molar refractivity (Wildman–Crippen MR) is 87.9 cm³/mol. The van der Waals surface area contributed by atoms with Gasteiger partial charge in [0.05, 0.1) is 11.2 Å². The molecule has 124 valence electrons. The molecule has 0 aliphatic rings. The van der Waals surface area contributed by atoms with E-state index in [0.29, 0.717) is 23.8 Å². The second-order valence-corrected chi connectivity index (χ2v) is 6.44. The maximum Gasteiger partial charge on any atom is 0.272 e. The second-order valence-electron chi connectivity index (χ2n) is 6.44. The van der Waals surface area contributed by atoms with Crippen LogP contribution in [0.5, 0.6) is 0 Å². The van der Waals surface area contributed by atoms with E-state index in [2.05, 4.69) is 24.3 Å². The van der Waals surface area contributed by atoms with Crippen molar-refractivity contribution in [2.45, 2.75) is 32.7 Å². The van der Waals surface area contributed by atoms with Gasteiger partial charge in [-0.3, -0.25) is 4.79 Å². The Balaban J connectivity index is 2.13. The molecule has 0 aliphatic carbocycles. The fourth-order valence-corrected chi connectivity index (χ4v) is 2.61. The Morgan fingerprint density at radius 3 is 2.57 bits per heavy atom. The van der Waals surface area contributed by atoms with Crippen LogP contribution < -0.4 is 11.1 Å². The van der Waals surface area contributed by atoms with Crippen molar-refractivity contribution in [3.63, 3.8) is 0 Å². The number of hydrogen-bond donors (Lipinski definition) is 2. The molecule has 1 atom stereocenters. The van der Waals surface area contributed by atoms with Crippen LogP contribution in [0.4, 0.5) is 4.39 Å². The lowest BCUT2D eigenvalue weighted by atomic mass is 9.90. The highest BCUT2D eigenvalue weighted by Crippen LogP contribution is 2.16. The molecule has 1 aromatic heterocycles. The summed E-state index contributed by atoms with van der Waals surface area (Å²) >= 11 is 0. The Kier molecular flexibility index (Phi) is 5.15. The molecular weight excluding hydrogens is 295 g/mol. The van der Waals surface area contributed by atoms with Crippen LogP contribution in [0.3, 0.4) is 0 Å². The number of nitrogens with zero attached hydrogens (tertiary/aromatic N) is 2. The summed E-state index contributed by atoms with van der Waals surface area (Å²) in [6, 6.07) is 7.54. The number of nitrogens with two attached hydrogens (primary N) is 1. The van der Waals surface area contributed by atoms with Crippen LogP contribution in [-0.4, -0.2) is 27.8 Å². The van der Waals surface area contributed by atoms with Gasteiger partial charge < -0.3 is 11.1 Å². The number of aromatic nitrogens is 2. The largest absolute Gasteiger partial charge is 0.344 e. The first-order chi connectivity index (χ1) is 10.8. The van der Waals surface area contributed by atoms with E-state index in [1.807, 2.05) is 6.92 Å². The van der Waals surface area contributed by atoms with Gasteiger partial charge in [-0.25, -0.2) is 9.07 Å². The van der Waals surface area contributed by atoms with Gasteiger partial charge in [-0.2, -0.15) is 5.10 Å². The van der Waals surface area contributed by atoms with Gasteiger partial charge in [-0.1, -0.05) is 13.8 Å². The van der Waals surface area contributed by atoms with Crippen LogP contribution in [0.2, 0.25) is 0 Å². The number of carbonyl (C=O) groups is 1. The number of benzene rings is 1. The molecule has 0 radical (unpaired) electrons. The molecule has 2 aromatic rings. The average Bonchev–Trinajstić information content (AvgIpc) is 2.97. The van der Waals surface area contributed by atoms with Gasteiger partial charge in [0.1, 0.15) is 5.82 Å². The minimum Gasteiger partial charge on any atom is -0.344 e. The molecule has 2 rings (SSSR count). The molecule has 23 heavy (non-hydrogen) atoms. The van der Waals surface area contributed by atoms with Crippen molar-refractivity contribution in [3.8, 4) is 5.69 Å². The summed E-state index contributed by atoms with van der Waals surface area (Å²) in [4.78, 5) is 12.4. The zero-order valence-corrected chi connectivity index (χ0v) is 13.7. The van der Waals surface area contributed by atoms with Gasteiger partial charge in [0.15, 0.2) is 5.69 Å². The van der Waals surface area contributed by atoms with Gasteiger partial charge in [0.2, 0.25) is 0 Å². The third-order valence-electron chi connectivity index (χ3n) is 3.64. The van der Waals surface area contributed by atoms with E-state index in [9.17, 15) is 9.18 Å². The van der Waals surface area contributed by atoms with Crippen molar-refractivity contribution in [3.05, 3.63) is 48.0 Å². The zero-order valence-electron chi connectivity index (χ0n) is 13.7. The summed E-state index contributed by atoms with van der Waals surface area (Å²) in [6.45, 7) is 6.46. The standard InChI is InChI=1S/C17H23FN4O/c1-12(2)10-17(3,11-19)20-16(23)15-8-9-22(21-15)14-6-4-13(18)5-7-14/h4-9,12H,10-11,19H2,1-3H3,(H,20,23). The van der Waals surface area contributed by atoms with E-state index in [4.69, 9.17) is 5.73 Å². The smallest absolute Gasteiger partial charge is 0.272 e. The van der Waals surface area contributed by atoms with Gasteiger partial charge in [-0.15, -0.1) is 0 Å². The summed E-state index contributed by atoms with van der Waals surface area (Å²) in [5.74, 6) is -0.161. The van der Waals surface area contributed by atoms with Crippen molar-refractivity contribution < 1.29 is 9.18 Å². The van der Waals surface area contributed by atoms with Crippen LogP contribution in [0.15, 0.2) is 36.5 Å². The first-order valence-corrected chi connectivity index (χ1v) is 7.67. The van der Waals surface area contributed by atoms with Crippen LogP contribution >= 0.6 is 0 Å². The predicted octanol–water partition coefficient (Wildman–Crippen LogP) is 2.50. The molecule has 0 fully saturated rings. The highest BCUT2D eigenvalue weighted by Gasteiger charge is 2.27. The second kappa shape index (κ2) is 6.91. The number of nitrogens with one attached hydrogen (secondary N) is 1. The number of hydrogen-bond acceptors (Lipinski definition) is 3. The van der Waals surface area contributed by atoms with E-state index in [1.165, 1.54) is 16.8 Å². The van der Waals surface area contributed by atoms with E-state index in [0.717, 1.165) is 6.42 Å². The Morgan fingerprint density at radius 1 is 1.35 bits per heavy atom. The molecule has 1 heterocycles. The monoisotopic (exact) mass is 318 g/mol. The first-order valence-electron chi connectivity index (χ1n) is 7.67. The lowest BCUT2D eigenvalue weighted by Crippen LogP contribution is -2.52. The summed E-state index contributed by atoms with van der Waals surface area (Å²) in [7, 11) is 0. The highest BCUT2D eigenvalue weighted by atomic mass is 19.1. The summed E-state index contributed by atoms with van der Waals surface area (Å²) < 4.78 is 14.5. The third kappa shape index (κ3) is 4.39. The fraction of sp³-hybridized carbons (Fsp3) is 0.412. The van der Waals surface area contributed by atoms with Gasteiger partial charge >= 0.3 is 0 Å². The van der Waals surface area contributed by atoms with Crippen molar-refractivity contribution in [2.24, 2.45) is 11.7 Å². The molecule has 1 unspecified atom stereocenters. The Hall–Kier alpha value is -2.21. The molecule has 1 amide bonds. The van der Waals surface area contributed by atoms with Crippen molar-refractivity contribution >= 4 is 5.91 Å². The molecule has 0 spiro atoms. The van der Waals surface area contributed by atoms with E-state index < -0.39 is 5.54 Å². The minimum absolute atomic E-state index is 0.264. The first kappa shape index (κ1) is 17.1. The Morgan fingerprint density at radius 2 is 2.00 bits per heavy atom. The minimum atomic E-state index is -0.467. The topological polar surface area (TPSA) is 72.9 Å². The molecule has 6 heteroatoms. The quantitative estimate of drug-likeness (QED) is 0.859. The van der Waals surface area contributed by atoms with Crippen molar-refractivity contribution in [1.29, 1.82) is 0 Å². The SMILES string of the molecule is CC(C)CC(C)(CN)NC(=O)c1ccn(-c2ccc(F)cc2)n1. The Bertz CT molecular complexity index is 665. The lowest BCUT2D eigenvalue weighted by molar-refractivity contribution is 0.0892.